The Bertz CT molecular complexity index is 1270. The number of hydrogen-bond donors (Lipinski definition) is 1. The molecule has 2 aliphatic heterocycles. The average molecular weight is 468 g/mol. The highest BCUT2D eigenvalue weighted by Gasteiger charge is 2.39. The van der Waals surface area contributed by atoms with Crippen LogP contribution in [0.2, 0.25) is 0 Å². The summed E-state index contributed by atoms with van der Waals surface area (Å²) in [6, 6.07) is 16.9. The monoisotopic (exact) mass is 467 g/mol. The lowest BCUT2D eigenvalue weighted by atomic mass is 9.78. The second-order valence-electron chi connectivity index (χ2n) is 9.69. The normalized spacial score (nSPS) is 19.8. The number of nitrogens with zero attached hydrogens (tertiary/aromatic N) is 2. The molecule has 1 unspecified atom stereocenters. The minimum Gasteiger partial charge on any atom is -0.349 e. The molecule has 2 amide bonds. The summed E-state index contributed by atoms with van der Waals surface area (Å²) >= 11 is 0. The molecule has 1 atom stereocenters. The third-order valence-electron chi connectivity index (χ3n) is 6.78. The summed E-state index contributed by atoms with van der Waals surface area (Å²) in [5.74, 6) is -0.835. The van der Waals surface area contributed by atoms with Crippen LogP contribution in [0.15, 0.2) is 83.7 Å². The van der Waals surface area contributed by atoms with E-state index in [1.54, 1.807) is 24.3 Å². The Morgan fingerprint density at radius 1 is 0.943 bits per heavy atom. The van der Waals surface area contributed by atoms with Gasteiger partial charge in [-0.3, -0.25) is 19.3 Å². The van der Waals surface area contributed by atoms with Gasteiger partial charge in [0.15, 0.2) is 0 Å². The van der Waals surface area contributed by atoms with Gasteiger partial charge in [0.1, 0.15) is 5.78 Å². The molecule has 178 valence electrons. The van der Waals surface area contributed by atoms with E-state index < -0.39 is 5.92 Å². The number of ketones is 1. The lowest BCUT2D eigenvalue weighted by Gasteiger charge is -2.37. The predicted molar refractivity (Wildman–Crippen MR) is 135 cm³/mol. The summed E-state index contributed by atoms with van der Waals surface area (Å²) < 4.78 is 0. The molecule has 35 heavy (non-hydrogen) atoms. The second kappa shape index (κ2) is 9.12. The van der Waals surface area contributed by atoms with Crippen LogP contribution in [0.25, 0.3) is 5.57 Å². The number of nitrogens with two attached hydrogens (primary N) is 1. The molecule has 1 aliphatic carbocycles. The van der Waals surface area contributed by atoms with Crippen LogP contribution in [-0.2, 0) is 4.79 Å². The maximum absolute atomic E-state index is 13.3. The topological polar surface area (TPSA) is 83.7 Å². The Morgan fingerprint density at radius 3 is 2.17 bits per heavy atom. The van der Waals surface area contributed by atoms with Crippen molar-refractivity contribution in [2.75, 3.05) is 19.6 Å². The Kier molecular flexibility index (Phi) is 5.99. The number of imide groups is 1. The van der Waals surface area contributed by atoms with Gasteiger partial charge in [-0.15, -0.1) is 0 Å². The first-order chi connectivity index (χ1) is 16.9. The summed E-state index contributed by atoms with van der Waals surface area (Å²) in [5, 5.41) is 0. The van der Waals surface area contributed by atoms with E-state index in [0.29, 0.717) is 23.6 Å². The fourth-order valence-corrected chi connectivity index (χ4v) is 5.20. The number of rotatable bonds is 6. The van der Waals surface area contributed by atoms with Gasteiger partial charge >= 0.3 is 0 Å². The maximum atomic E-state index is 13.3. The fourth-order valence-electron chi connectivity index (χ4n) is 5.20. The highest BCUT2D eigenvalue weighted by Crippen LogP contribution is 2.42. The van der Waals surface area contributed by atoms with Crippen molar-refractivity contribution in [3.63, 3.8) is 0 Å². The van der Waals surface area contributed by atoms with Crippen LogP contribution in [-0.4, -0.2) is 47.0 Å². The molecular weight excluding hydrogens is 438 g/mol. The average Bonchev–Trinajstić information content (AvgIpc) is 3.09. The third-order valence-corrected chi connectivity index (χ3v) is 6.78. The minimum atomic E-state index is -0.571. The first-order valence-corrected chi connectivity index (χ1v) is 12.1. The van der Waals surface area contributed by atoms with Crippen molar-refractivity contribution < 1.29 is 14.4 Å². The first-order valence-electron chi connectivity index (χ1n) is 12.1. The minimum absolute atomic E-state index is 0.00432. The molecule has 3 aliphatic rings. The molecule has 5 rings (SSSR count). The highest BCUT2D eigenvalue weighted by molar-refractivity contribution is 6.21. The van der Waals surface area contributed by atoms with Crippen LogP contribution in [0.1, 0.15) is 46.5 Å². The van der Waals surface area contributed by atoms with Crippen LogP contribution >= 0.6 is 0 Å². The van der Waals surface area contributed by atoms with Gasteiger partial charge in [0.25, 0.3) is 11.8 Å². The largest absolute Gasteiger partial charge is 0.349 e. The Morgan fingerprint density at radius 2 is 1.57 bits per heavy atom. The van der Waals surface area contributed by atoms with Crippen molar-refractivity contribution >= 4 is 23.2 Å². The molecule has 6 heteroatoms. The highest BCUT2D eigenvalue weighted by atomic mass is 16.2. The molecule has 0 aromatic heterocycles. The van der Waals surface area contributed by atoms with Gasteiger partial charge in [-0.05, 0) is 34.8 Å². The zero-order valence-corrected chi connectivity index (χ0v) is 20.0. The molecule has 0 fully saturated rings. The third kappa shape index (κ3) is 4.04. The van der Waals surface area contributed by atoms with Crippen LogP contribution in [0, 0.1) is 11.8 Å². The van der Waals surface area contributed by atoms with Crippen molar-refractivity contribution in [3.8, 4) is 0 Å². The number of benzene rings is 2. The molecule has 0 radical (unpaired) electrons. The summed E-state index contributed by atoms with van der Waals surface area (Å²) in [6.45, 7) is 5.51. The van der Waals surface area contributed by atoms with Gasteiger partial charge in [-0.25, -0.2) is 0 Å². The fraction of sp³-hybridized carbons (Fsp3) is 0.276. The summed E-state index contributed by atoms with van der Waals surface area (Å²) in [5.41, 5.74) is 12.0. The van der Waals surface area contributed by atoms with Crippen LogP contribution < -0.4 is 5.73 Å². The molecule has 0 saturated carbocycles. The molecule has 2 aromatic rings. The van der Waals surface area contributed by atoms with Crippen molar-refractivity contribution in [1.29, 1.82) is 0 Å². The predicted octanol–water partition coefficient (Wildman–Crippen LogP) is 4.02. The number of Topliss-reactive ketones (excluding diaryl/α,β-unsaturated/α-hetero) is 1. The van der Waals surface area contributed by atoms with E-state index in [1.807, 2.05) is 24.3 Å². The molecule has 0 bridgehead atoms. The molecule has 0 spiro atoms. The van der Waals surface area contributed by atoms with E-state index in [1.165, 1.54) is 4.90 Å². The number of hydrogen-bond acceptors (Lipinski definition) is 5. The van der Waals surface area contributed by atoms with Crippen LogP contribution in [0.5, 0.6) is 0 Å². The molecule has 2 heterocycles. The van der Waals surface area contributed by atoms with Crippen molar-refractivity contribution in [2.45, 2.75) is 20.3 Å². The van der Waals surface area contributed by atoms with E-state index in [0.717, 1.165) is 34.5 Å². The molecular formula is C29H29N3O3. The number of fused-ring (bicyclic) bond motifs is 2. The first kappa shape index (κ1) is 23.0. The van der Waals surface area contributed by atoms with Crippen molar-refractivity contribution in [2.24, 2.45) is 17.6 Å². The summed E-state index contributed by atoms with van der Waals surface area (Å²) in [4.78, 5) is 42.5. The summed E-state index contributed by atoms with van der Waals surface area (Å²) in [7, 11) is 0. The lowest BCUT2D eigenvalue weighted by molar-refractivity contribution is -0.121. The summed E-state index contributed by atoms with van der Waals surface area (Å²) in [6.07, 6.45) is 4.24. The quantitative estimate of drug-likeness (QED) is 0.649. The van der Waals surface area contributed by atoms with Crippen molar-refractivity contribution in [3.05, 3.63) is 100 Å². The van der Waals surface area contributed by atoms with Crippen LogP contribution in [0.3, 0.4) is 0 Å². The van der Waals surface area contributed by atoms with Gasteiger partial charge in [0.05, 0.1) is 17.0 Å². The SMILES string of the molecule is CC(C)CN1C=C2CC(=O)C(CN3C(=O)c4ccccc4C3=O)C=C2C(c2ccccc2)=C1CN. The zero-order valence-electron chi connectivity index (χ0n) is 20.0. The van der Waals surface area contributed by atoms with Gasteiger partial charge in [-0.1, -0.05) is 62.4 Å². The number of carbonyl (C=O) groups is 3. The molecule has 2 N–H and O–H groups in total. The van der Waals surface area contributed by atoms with E-state index >= 15 is 0 Å². The van der Waals surface area contributed by atoms with E-state index in [4.69, 9.17) is 5.73 Å². The Labute approximate surface area is 205 Å². The molecule has 0 saturated heterocycles. The number of allylic oxidation sites excluding steroid dienone is 3. The maximum Gasteiger partial charge on any atom is 0.261 e. The number of carbonyl (C=O) groups excluding carboxylic acids is 3. The van der Waals surface area contributed by atoms with E-state index in [9.17, 15) is 14.4 Å². The lowest BCUT2D eigenvalue weighted by Crippen LogP contribution is -2.39. The van der Waals surface area contributed by atoms with E-state index in [2.05, 4.69) is 37.1 Å². The standard InChI is InChI=1S/C29H29N3O3/c1-18(2)15-31-16-20-13-26(33)21(17-32-28(34)22-10-6-7-11-23(22)29(32)35)12-24(20)27(25(31)14-30)19-8-4-3-5-9-19/h3-12,16,18,21H,13-15,17,30H2,1-2H3. The zero-order chi connectivity index (χ0) is 24.7. The van der Waals surface area contributed by atoms with Gasteiger partial charge in [0, 0.05) is 43.5 Å². The van der Waals surface area contributed by atoms with Gasteiger partial charge in [0.2, 0.25) is 0 Å². The van der Waals surface area contributed by atoms with Crippen LogP contribution in [0.4, 0.5) is 0 Å². The Hall–Kier alpha value is -3.77. The Balaban J connectivity index is 1.55. The van der Waals surface area contributed by atoms with Crippen molar-refractivity contribution in [1.82, 2.24) is 9.80 Å². The number of amides is 2. The smallest absolute Gasteiger partial charge is 0.261 e. The molecule has 6 nitrogen and oxygen atoms in total. The van der Waals surface area contributed by atoms with Gasteiger partial charge in [-0.2, -0.15) is 0 Å². The molecule has 2 aromatic carbocycles. The van der Waals surface area contributed by atoms with Gasteiger partial charge < -0.3 is 10.6 Å². The van der Waals surface area contributed by atoms with E-state index in [-0.39, 0.29) is 30.6 Å². The second-order valence-corrected chi connectivity index (χ2v) is 9.69.